The van der Waals surface area contributed by atoms with Gasteiger partial charge < -0.3 is 23.5 Å². The third-order valence-electron chi connectivity index (χ3n) is 6.69. The second kappa shape index (κ2) is 21.3. The molecular formula is C26H20N4Na4O17S5. The molecule has 1 N–H and O–H groups in total. The molecule has 21 nitrogen and oxygen atoms in total. The number of rotatable bonds is 13. The Bertz CT molecular complexity index is 2750. The monoisotopic (exact) mass is 912 g/mol. The number of benzene rings is 4. The van der Waals surface area contributed by atoms with Gasteiger partial charge in [-0.2, -0.15) is 18.6 Å². The van der Waals surface area contributed by atoms with Crippen LogP contribution < -0.4 is 128 Å². The Labute approximate surface area is 409 Å². The Morgan fingerprint density at radius 2 is 1.27 bits per heavy atom. The van der Waals surface area contributed by atoms with Gasteiger partial charge in [0.05, 0.1) is 56.1 Å². The minimum atomic E-state index is -5.69. The van der Waals surface area contributed by atoms with Crippen LogP contribution in [0, 0.1) is 6.92 Å². The first-order valence-electron chi connectivity index (χ1n) is 13.5. The topological polar surface area (TPSA) is 351 Å². The first-order chi connectivity index (χ1) is 23.8. The summed E-state index contributed by atoms with van der Waals surface area (Å²) in [6.07, 6.45) is 0. The van der Waals surface area contributed by atoms with Gasteiger partial charge in [-0.25, -0.2) is 37.9 Å². The minimum Gasteiger partial charge on any atom is -0.870 e. The van der Waals surface area contributed by atoms with Gasteiger partial charge in [0.1, 0.15) is 41.8 Å². The molecule has 0 bridgehead atoms. The Kier molecular flexibility index (Phi) is 21.1. The van der Waals surface area contributed by atoms with E-state index in [9.17, 15) is 60.9 Å². The average molecular weight is 913 g/mol. The van der Waals surface area contributed by atoms with Gasteiger partial charge in [0.2, 0.25) is 0 Å². The van der Waals surface area contributed by atoms with E-state index in [1.807, 2.05) is 0 Å². The molecule has 4 aromatic rings. The first kappa shape index (κ1) is 55.5. The number of methoxy groups -OCH3 is 1. The molecular weight excluding hydrogens is 893 g/mol. The van der Waals surface area contributed by atoms with Gasteiger partial charge in [0.25, 0.3) is 0 Å². The van der Waals surface area contributed by atoms with Crippen LogP contribution in [0.15, 0.2) is 94.6 Å². The van der Waals surface area contributed by atoms with E-state index < -0.39 is 99.8 Å². The van der Waals surface area contributed by atoms with Gasteiger partial charge in [-0.05, 0) is 65.7 Å². The summed E-state index contributed by atoms with van der Waals surface area (Å²) in [5, 5.41) is 26.7. The Morgan fingerprint density at radius 1 is 0.679 bits per heavy atom. The van der Waals surface area contributed by atoms with Crippen LogP contribution in [-0.4, -0.2) is 79.8 Å². The maximum absolute atomic E-state index is 13.4. The number of sulfone groups is 1. The Hall–Kier alpha value is -0.510. The van der Waals surface area contributed by atoms with E-state index in [2.05, 4.69) is 24.6 Å². The fourth-order valence-electron chi connectivity index (χ4n) is 4.37. The molecule has 0 spiro atoms. The molecule has 0 saturated carbocycles. The molecule has 0 fully saturated rings. The maximum atomic E-state index is 13.4. The molecule has 0 aromatic heterocycles. The van der Waals surface area contributed by atoms with Crippen LogP contribution >= 0.6 is 0 Å². The van der Waals surface area contributed by atoms with Gasteiger partial charge in [0, 0.05) is 6.07 Å². The van der Waals surface area contributed by atoms with Crippen molar-refractivity contribution in [3.63, 3.8) is 0 Å². The van der Waals surface area contributed by atoms with Crippen molar-refractivity contribution in [2.24, 2.45) is 20.5 Å². The van der Waals surface area contributed by atoms with Crippen LogP contribution in [0.3, 0.4) is 0 Å². The van der Waals surface area contributed by atoms with Gasteiger partial charge in [0.15, 0.2) is 9.84 Å². The van der Waals surface area contributed by atoms with Gasteiger partial charge in [-0.3, -0.25) is 4.55 Å². The van der Waals surface area contributed by atoms with E-state index >= 15 is 0 Å². The second-order valence-corrected chi connectivity index (χ2v) is 17.5. The third kappa shape index (κ3) is 14.3. The molecule has 4 aromatic carbocycles. The van der Waals surface area contributed by atoms with Crippen LogP contribution in [-0.2, 0) is 54.8 Å². The molecule has 56 heavy (non-hydrogen) atoms. The molecule has 0 aliphatic rings. The van der Waals surface area contributed by atoms with Crippen LogP contribution in [0.2, 0.25) is 0 Å². The number of nitrogens with zero attached hydrogens (tertiary/aromatic N) is 4. The van der Waals surface area contributed by atoms with Crippen LogP contribution in [0.25, 0.3) is 10.8 Å². The molecule has 0 aliphatic carbocycles. The summed E-state index contributed by atoms with van der Waals surface area (Å²) in [4.78, 5) is -4.50. The molecule has 0 heterocycles. The summed E-state index contributed by atoms with van der Waals surface area (Å²) in [6, 6.07) is 8.33. The van der Waals surface area contributed by atoms with Crippen molar-refractivity contribution in [2.75, 3.05) is 19.5 Å². The van der Waals surface area contributed by atoms with Gasteiger partial charge in [-0.15, -0.1) is 10.2 Å². The van der Waals surface area contributed by atoms with Crippen molar-refractivity contribution in [3.05, 3.63) is 60.2 Å². The summed E-state index contributed by atoms with van der Waals surface area (Å²) >= 11 is 0. The fourth-order valence-corrected chi connectivity index (χ4v) is 7.87. The molecule has 0 saturated heterocycles. The molecule has 280 valence electrons. The van der Waals surface area contributed by atoms with Crippen molar-refractivity contribution in [1.82, 2.24) is 0 Å². The van der Waals surface area contributed by atoms with Crippen LogP contribution in [0.5, 0.6) is 11.5 Å². The van der Waals surface area contributed by atoms with Crippen LogP contribution in [0.1, 0.15) is 5.56 Å². The summed E-state index contributed by atoms with van der Waals surface area (Å²) in [5.74, 6) is -2.59. The third-order valence-corrected chi connectivity index (χ3v) is 11.3. The molecule has 0 aliphatic heterocycles. The van der Waals surface area contributed by atoms with E-state index in [1.54, 1.807) is 0 Å². The fraction of sp³-hybridized carbons (Fsp3) is 0.154. The second-order valence-electron chi connectivity index (χ2n) is 10.2. The number of ether oxygens (including phenoxy) is 1. The Balaban J connectivity index is 0.00000756. The van der Waals surface area contributed by atoms with Crippen LogP contribution in [0.4, 0.5) is 22.7 Å². The van der Waals surface area contributed by atoms with Crippen molar-refractivity contribution in [1.29, 1.82) is 0 Å². The SMILES string of the molecule is COc1cc(N=Nc2cccc(S(=O)(=O)CCOS(=O)(=O)O)c2)c(C)cc1N=Nc1c(S(=O)(=O)[O-])cc2cc(S(=O)(=O)[O-])cc(S(=O)(=O)[O-])c2c1[O-].[Na+].[Na+].[Na+].[Na+]. The minimum absolute atomic E-state index is 0. The quantitative estimate of drug-likeness (QED) is 0.0739. The Morgan fingerprint density at radius 3 is 1.80 bits per heavy atom. The number of hydrogen-bond acceptors (Lipinski definition) is 20. The van der Waals surface area contributed by atoms with Crippen molar-refractivity contribution in [3.8, 4) is 11.5 Å². The van der Waals surface area contributed by atoms with Crippen molar-refractivity contribution in [2.45, 2.75) is 26.5 Å². The summed E-state index contributed by atoms with van der Waals surface area (Å²) in [7, 11) is -24.6. The molecule has 0 atom stereocenters. The standard InChI is InChI=1S/C26H24N4O17S5.4Na/c1-14-8-20(21(46-2)13-19(14)28-27-16-4-3-5-17(11-16)48(32,33)7-6-47-52(43,44)45)29-30-25-23(51(40,41)42)10-15-9-18(49(34,35)36)12-22(50(37,38)39)24(15)26(25)31;;;;/h3-5,8-13,31H,6-7H2,1-2H3,(H,34,35,36)(H,37,38,39)(H,40,41,42)(H,43,44,45);;;;/q;4*+1/p-4. The summed E-state index contributed by atoms with van der Waals surface area (Å²) in [5.41, 5.74) is -1.11. The molecule has 4 rings (SSSR count). The van der Waals surface area contributed by atoms with E-state index in [1.165, 1.54) is 37.3 Å². The first-order valence-corrected chi connectivity index (χ1v) is 20.7. The predicted molar refractivity (Wildman–Crippen MR) is 169 cm³/mol. The molecule has 0 radical (unpaired) electrons. The van der Waals surface area contributed by atoms with E-state index in [0.717, 1.165) is 13.2 Å². The zero-order valence-corrected chi connectivity index (χ0v) is 42.0. The number of azo groups is 2. The average Bonchev–Trinajstić information content (AvgIpc) is 3.01. The van der Waals surface area contributed by atoms with Crippen molar-refractivity contribution >= 4 is 84.1 Å². The number of fused-ring (bicyclic) bond motifs is 1. The van der Waals surface area contributed by atoms with E-state index in [0.29, 0.717) is 12.1 Å². The summed E-state index contributed by atoms with van der Waals surface area (Å²) < 4.78 is 171. The molecule has 30 heteroatoms. The van der Waals surface area contributed by atoms with E-state index in [4.69, 9.17) is 9.29 Å². The zero-order valence-electron chi connectivity index (χ0n) is 29.9. The smallest absolute Gasteiger partial charge is 0.870 e. The normalized spacial score (nSPS) is 12.4. The summed E-state index contributed by atoms with van der Waals surface area (Å²) in [6.45, 7) is 0.609. The van der Waals surface area contributed by atoms with Crippen molar-refractivity contribution < 1.29 is 193 Å². The predicted octanol–water partition coefficient (Wildman–Crippen LogP) is -9.62. The number of hydrogen-bond donors (Lipinski definition) is 1. The number of aryl methyl sites for hydroxylation is 1. The largest absolute Gasteiger partial charge is 1.00 e. The molecule has 0 unspecified atom stereocenters. The maximum Gasteiger partial charge on any atom is 1.00 e. The molecule has 0 amide bonds. The zero-order chi connectivity index (χ0) is 39.0. The van der Waals surface area contributed by atoms with Gasteiger partial charge >= 0.3 is 129 Å². The van der Waals surface area contributed by atoms with E-state index in [-0.39, 0.29) is 158 Å². The van der Waals surface area contributed by atoms with Gasteiger partial charge in [-0.1, -0.05) is 11.8 Å².